The van der Waals surface area contributed by atoms with Crippen molar-refractivity contribution in [3.8, 4) is 11.3 Å². The molecule has 204 valence electrons. The Bertz CT molecular complexity index is 1370. The van der Waals surface area contributed by atoms with Crippen molar-refractivity contribution in [3.05, 3.63) is 119 Å². The molecule has 39 heavy (non-hydrogen) atoms. The zero-order valence-electron chi connectivity index (χ0n) is 24.9. The van der Waals surface area contributed by atoms with Gasteiger partial charge in [-0.2, -0.15) is 0 Å². The molecule has 4 rings (SSSR count). The van der Waals surface area contributed by atoms with E-state index in [9.17, 15) is 0 Å². The summed E-state index contributed by atoms with van der Waals surface area (Å²) >= 11 is 0. The number of nitrogens with zero attached hydrogens (tertiary/aromatic N) is 2. The third kappa shape index (κ3) is 7.38. The summed E-state index contributed by atoms with van der Waals surface area (Å²) in [7, 11) is 0. The lowest BCUT2D eigenvalue weighted by atomic mass is 9.88. The number of hydrogen-bond donors (Lipinski definition) is 0. The number of unbranched alkanes of at least 4 members (excludes halogenated alkanes) is 1. The van der Waals surface area contributed by atoms with Gasteiger partial charge in [0.15, 0.2) is 0 Å². The number of aromatic nitrogens is 2. The van der Waals surface area contributed by atoms with Crippen LogP contribution in [-0.2, 0) is 25.8 Å². The van der Waals surface area contributed by atoms with Gasteiger partial charge in [-0.3, -0.25) is 0 Å². The summed E-state index contributed by atoms with van der Waals surface area (Å²) in [6.07, 6.45) is 7.77. The lowest BCUT2D eigenvalue weighted by Gasteiger charge is -2.22. The van der Waals surface area contributed by atoms with Crippen molar-refractivity contribution in [1.29, 1.82) is 0 Å². The van der Waals surface area contributed by atoms with Gasteiger partial charge >= 0.3 is 0 Å². The van der Waals surface area contributed by atoms with Crippen LogP contribution in [0.15, 0.2) is 79.5 Å². The molecule has 0 aliphatic carbocycles. The molecule has 1 aromatic heterocycles. The van der Waals surface area contributed by atoms with Crippen LogP contribution in [0.2, 0.25) is 0 Å². The van der Waals surface area contributed by atoms with E-state index in [0.717, 1.165) is 37.1 Å². The van der Waals surface area contributed by atoms with Crippen molar-refractivity contribution in [2.45, 2.75) is 86.1 Å². The molecule has 2 nitrogen and oxygen atoms in total. The molecular formula is C37H46N2. The Hall–Kier alpha value is -3.39. The van der Waals surface area contributed by atoms with Crippen molar-refractivity contribution >= 4 is 5.57 Å². The predicted octanol–water partition coefficient (Wildman–Crippen LogP) is 9.77. The first-order valence-corrected chi connectivity index (χ1v) is 14.7. The summed E-state index contributed by atoms with van der Waals surface area (Å²) in [6.45, 7) is 18.4. The highest BCUT2D eigenvalue weighted by molar-refractivity contribution is 5.64. The van der Waals surface area contributed by atoms with E-state index in [0.29, 0.717) is 11.8 Å². The SMILES string of the molecule is C=C(C)c1ccc(CCc2ccc(CC(c3nc(-c4ccc(C)cc4C)cn3CCCC)C(C)C)cc2)cc1. The number of aryl methyl sites for hydroxylation is 5. The van der Waals surface area contributed by atoms with Gasteiger partial charge in [-0.25, -0.2) is 4.98 Å². The minimum Gasteiger partial charge on any atom is -0.334 e. The van der Waals surface area contributed by atoms with Crippen molar-refractivity contribution < 1.29 is 0 Å². The molecule has 0 aliphatic rings. The second-order valence-electron chi connectivity index (χ2n) is 11.7. The average Bonchev–Trinajstić information content (AvgIpc) is 3.33. The molecule has 1 atom stereocenters. The second-order valence-corrected chi connectivity index (χ2v) is 11.7. The molecule has 1 unspecified atom stereocenters. The van der Waals surface area contributed by atoms with Crippen LogP contribution in [0.5, 0.6) is 0 Å². The van der Waals surface area contributed by atoms with Crippen molar-refractivity contribution in [3.63, 3.8) is 0 Å². The molecule has 0 bridgehead atoms. The van der Waals surface area contributed by atoms with Gasteiger partial charge in [0.1, 0.15) is 5.82 Å². The van der Waals surface area contributed by atoms with Crippen LogP contribution in [0.3, 0.4) is 0 Å². The summed E-state index contributed by atoms with van der Waals surface area (Å²) in [5.74, 6) is 2.11. The average molecular weight is 519 g/mol. The second kappa shape index (κ2) is 13.1. The Balaban J connectivity index is 1.51. The monoisotopic (exact) mass is 518 g/mol. The van der Waals surface area contributed by atoms with Gasteiger partial charge in [-0.1, -0.05) is 112 Å². The topological polar surface area (TPSA) is 17.8 Å². The maximum absolute atomic E-state index is 5.30. The van der Waals surface area contributed by atoms with E-state index in [1.54, 1.807) is 0 Å². The first-order chi connectivity index (χ1) is 18.7. The maximum atomic E-state index is 5.30. The lowest BCUT2D eigenvalue weighted by molar-refractivity contribution is 0.446. The van der Waals surface area contributed by atoms with Gasteiger partial charge in [0.2, 0.25) is 0 Å². The van der Waals surface area contributed by atoms with Crippen LogP contribution in [0, 0.1) is 19.8 Å². The zero-order valence-corrected chi connectivity index (χ0v) is 24.9. The van der Waals surface area contributed by atoms with Gasteiger partial charge in [0.05, 0.1) is 5.69 Å². The molecule has 0 spiro atoms. The Morgan fingerprint density at radius 3 is 2.05 bits per heavy atom. The van der Waals surface area contributed by atoms with Gasteiger partial charge < -0.3 is 4.57 Å². The van der Waals surface area contributed by atoms with Gasteiger partial charge in [-0.05, 0) is 80.2 Å². The standard InChI is InChI=1S/C37H46N2/c1-8-9-22-39-25-36(34-21-10-28(6)23-29(34)7)38-37(39)35(27(4)5)24-32-15-13-30(14-16-32)11-12-31-17-19-33(20-18-31)26(2)3/h10,13-21,23,25,27,35H,2,8-9,11-12,22,24H2,1,3-7H3. The van der Waals surface area contributed by atoms with Crippen molar-refractivity contribution in [2.24, 2.45) is 5.92 Å². The van der Waals surface area contributed by atoms with E-state index >= 15 is 0 Å². The van der Waals surface area contributed by atoms with Crippen molar-refractivity contribution in [2.75, 3.05) is 0 Å². The Morgan fingerprint density at radius 1 is 0.872 bits per heavy atom. The highest BCUT2D eigenvalue weighted by Gasteiger charge is 2.23. The molecule has 0 saturated heterocycles. The Kier molecular flexibility index (Phi) is 9.62. The first-order valence-electron chi connectivity index (χ1n) is 14.7. The molecule has 0 amide bonds. The Morgan fingerprint density at radius 2 is 1.49 bits per heavy atom. The van der Waals surface area contributed by atoms with E-state index in [-0.39, 0.29) is 0 Å². The van der Waals surface area contributed by atoms with E-state index in [1.807, 2.05) is 0 Å². The third-order valence-corrected chi connectivity index (χ3v) is 7.98. The predicted molar refractivity (Wildman–Crippen MR) is 168 cm³/mol. The maximum Gasteiger partial charge on any atom is 0.113 e. The highest BCUT2D eigenvalue weighted by Crippen LogP contribution is 2.32. The fraction of sp³-hybridized carbons (Fsp3) is 0.378. The lowest BCUT2D eigenvalue weighted by Crippen LogP contribution is -2.16. The molecule has 4 aromatic rings. The highest BCUT2D eigenvalue weighted by atomic mass is 15.1. The summed E-state index contributed by atoms with van der Waals surface area (Å²) in [5, 5.41) is 0. The normalized spacial score (nSPS) is 12.2. The number of allylic oxidation sites excluding steroid dienone is 1. The van der Waals surface area contributed by atoms with Crippen LogP contribution in [0.4, 0.5) is 0 Å². The van der Waals surface area contributed by atoms with E-state index < -0.39 is 0 Å². The summed E-state index contributed by atoms with van der Waals surface area (Å²) in [4.78, 5) is 5.30. The molecule has 1 heterocycles. The number of hydrogen-bond acceptors (Lipinski definition) is 1. The molecule has 2 heteroatoms. The summed E-state index contributed by atoms with van der Waals surface area (Å²) in [6, 6.07) is 24.8. The number of rotatable bonds is 12. The molecule has 0 fully saturated rings. The van der Waals surface area contributed by atoms with Crippen LogP contribution in [0.25, 0.3) is 16.8 Å². The molecule has 3 aromatic carbocycles. The smallest absolute Gasteiger partial charge is 0.113 e. The number of imidazole rings is 1. The van der Waals surface area contributed by atoms with Gasteiger partial charge in [0, 0.05) is 24.2 Å². The van der Waals surface area contributed by atoms with Crippen LogP contribution in [-0.4, -0.2) is 9.55 Å². The largest absolute Gasteiger partial charge is 0.334 e. The number of benzene rings is 3. The van der Waals surface area contributed by atoms with Crippen molar-refractivity contribution in [1.82, 2.24) is 9.55 Å². The summed E-state index contributed by atoms with van der Waals surface area (Å²) < 4.78 is 2.44. The quantitative estimate of drug-likeness (QED) is 0.182. The minimum absolute atomic E-state index is 0.374. The van der Waals surface area contributed by atoms with E-state index in [4.69, 9.17) is 4.98 Å². The van der Waals surface area contributed by atoms with E-state index in [2.05, 4.69) is 126 Å². The van der Waals surface area contributed by atoms with Crippen LogP contribution >= 0.6 is 0 Å². The minimum atomic E-state index is 0.374. The molecule has 0 N–H and O–H groups in total. The van der Waals surface area contributed by atoms with Crippen LogP contribution < -0.4 is 0 Å². The zero-order chi connectivity index (χ0) is 27.9. The molecular weight excluding hydrogens is 472 g/mol. The molecule has 0 saturated carbocycles. The van der Waals surface area contributed by atoms with E-state index in [1.165, 1.54) is 57.6 Å². The molecule has 0 aliphatic heterocycles. The fourth-order valence-corrected chi connectivity index (χ4v) is 5.43. The van der Waals surface area contributed by atoms with Crippen LogP contribution in [0.1, 0.15) is 85.7 Å². The van der Waals surface area contributed by atoms with Gasteiger partial charge in [-0.15, -0.1) is 0 Å². The Labute approximate surface area is 236 Å². The first kappa shape index (κ1) is 28.6. The summed E-state index contributed by atoms with van der Waals surface area (Å²) in [5.41, 5.74) is 11.4. The third-order valence-electron chi connectivity index (χ3n) is 7.98. The van der Waals surface area contributed by atoms with Gasteiger partial charge in [0.25, 0.3) is 0 Å². The fourth-order valence-electron chi connectivity index (χ4n) is 5.43. The molecule has 0 radical (unpaired) electrons.